The fourth-order valence-corrected chi connectivity index (χ4v) is 2.35. The van der Waals surface area contributed by atoms with Crippen LogP contribution in [0.5, 0.6) is 0 Å². The van der Waals surface area contributed by atoms with E-state index < -0.39 is 0 Å². The molecule has 2 aromatic heterocycles. The SMILES string of the molecule is CCn1cncc1CSc1ccncc1N. The number of nitrogens with zero attached hydrogens (tertiary/aromatic N) is 3. The predicted octanol–water partition coefficient (Wildman–Crippen LogP) is 2.17. The molecule has 0 spiro atoms. The maximum absolute atomic E-state index is 5.82. The van der Waals surface area contributed by atoms with Crippen molar-refractivity contribution in [1.29, 1.82) is 0 Å². The molecule has 0 atom stereocenters. The van der Waals surface area contributed by atoms with E-state index in [1.165, 1.54) is 5.69 Å². The highest BCUT2D eigenvalue weighted by Gasteiger charge is 2.03. The molecule has 0 aliphatic carbocycles. The molecule has 0 aliphatic heterocycles. The number of thioether (sulfide) groups is 1. The summed E-state index contributed by atoms with van der Waals surface area (Å²) in [6, 6.07) is 1.94. The normalized spacial score (nSPS) is 10.6. The minimum Gasteiger partial charge on any atom is -0.397 e. The van der Waals surface area contributed by atoms with Gasteiger partial charge in [0.15, 0.2) is 0 Å². The summed E-state index contributed by atoms with van der Waals surface area (Å²) in [4.78, 5) is 9.17. The highest BCUT2D eigenvalue weighted by Crippen LogP contribution is 2.26. The number of hydrogen-bond donors (Lipinski definition) is 1. The van der Waals surface area contributed by atoms with Crippen molar-refractivity contribution < 1.29 is 0 Å². The van der Waals surface area contributed by atoms with Gasteiger partial charge in [0, 0.05) is 35.3 Å². The third-order valence-electron chi connectivity index (χ3n) is 2.32. The van der Waals surface area contributed by atoms with Gasteiger partial charge in [0.2, 0.25) is 0 Å². The first-order chi connectivity index (χ1) is 7.81. The maximum atomic E-state index is 5.82. The number of aromatic nitrogens is 3. The summed E-state index contributed by atoms with van der Waals surface area (Å²) in [5.41, 5.74) is 7.77. The molecule has 4 nitrogen and oxygen atoms in total. The van der Waals surface area contributed by atoms with E-state index >= 15 is 0 Å². The van der Waals surface area contributed by atoms with Gasteiger partial charge in [-0.2, -0.15) is 0 Å². The molecule has 5 heteroatoms. The van der Waals surface area contributed by atoms with Crippen molar-refractivity contribution in [3.63, 3.8) is 0 Å². The maximum Gasteiger partial charge on any atom is 0.0948 e. The molecule has 0 saturated heterocycles. The van der Waals surface area contributed by atoms with Gasteiger partial charge in [0.1, 0.15) is 0 Å². The van der Waals surface area contributed by atoms with Crippen LogP contribution in [-0.2, 0) is 12.3 Å². The molecule has 0 fully saturated rings. The topological polar surface area (TPSA) is 56.7 Å². The molecule has 0 aromatic carbocycles. The van der Waals surface area contributed by atoms with Gasteiger partial charge < -0.3 is 10.3 Å². The van der Waals surface area contributed by atoms with Crippen LogP contribution in [0.4, 0.5) is 5.69 Å². The summed E-state index contributed by atoms with van der Waals surface area (Å²) >= 11 is 1.71. The summed E-state index contributed by atoms with van der Waals surface area (Å²) in [6.07, 6.45) is 7.19. The van der Waals surface area contributed by atoms with Crippen LogP contribution in [0.2, 0.25) is 0 Å². The van der Waals surface area contributed by atoms with E-state index in [1.807, 2.05) is 18.6 Å². The van der Waals surface area contributed by atoms with Gasteiger partial charge in [-0.15, -0.1) is 11.8 Å². The van der Waals surface area contributed by atoms with Crippen LogP contribution < -0.4 is 5.73 Å². The van der Waals surface area contributed by atoms with Crippen LogP contribution in [-0.4, -0.2) is 14.5 Å². The molecule has 0 unspecified atom stereocenters. The first-order valence-corrected chi connectivity index (χ1v) is 6.11. The zero-order valence-electron chi connectivity index (χ0n) is 9.13. The minimum atomic E-state index is 0.732. The summed E-state index contributed by atoms with van der Waals surface area (Å²) in [7, 11) is 0. The van der Waals surface area contributed by atoms with E-state index in [1.54, 1.807) is 24.2 Å². The van der Waals surface area contributed by atoms with E-state index in [4.69, 9.17) is 5.73 Å². The lowest BCUT2D eigenvalue weighted by molar-refractivity contribution is 0.734. The molecule has 84 valence electrons. The Morgan fingerprint density at radius 1 is 1.38 bits per heavy atom. The Morgan fingerprint density at radius 2 is 2.25 bits per heavy atom. The minimum absolute atomic E-state index is 0.732. The first-order valence-electron chi connectivity index (χ1n) is 5.12. The molecule has 2 heterocycles. The predicted molar refractivity (Wildman–Crippen MR) is 66.1 cm³/mol. The van der Waals surface area contributed by atoms with Crippen LogP contribution >= 0.6 is 11.8 Å². The Bertz CT molecular complexity index is 467. The van der Waals surface area contributed by atoms with Gasteiger partial charge in [-0.25, -0.2) is 4.98 Å². The molecule has 0 bridgehead atoms. The fraction of sp³-hybridized carbons (Fsp3) is 0.273. The van der Waals surface area contributed by atoms with E-state index in [0.29, 0.717) is 0 Å². The zero-order valence-corrected chi connectivity index (χ0v) is 9.94. The Kier molecular flexibility index (Phi) is 3.46. The second-order valence-corrected chi connectivity index (χ2v) is 4.39. The number of nitrogen functional groups attached to an aromatic ring is 1. The van der Waals surface area contributed by atoms with Crippen molar-refractivity contribution >= 4 is 17.4 Å². The van der Waals surface area contributed by atoms with Gasteiger partial charge in [-0.1, -0.05) is 0 Å². The Balaban J connectivity index is 2.05. The molecule has 0 radical (unpaired) electrons. The number of anilines is 1. The molecule has 2 rings (SSSR count). The fourth-order valence-electron chi connectivity index (χ4n) is 1.43. The number of aryl methyl sites for hydroxylation is 1. The number of rotatable bonds is 4. The smallest absolute Gasteiger partial charge is 0.0948 e. The lowest BCUT2D eigenvalue weighted by Gasteiger charge is -2.06. The van der Waals surface area contributed by atoms with E-state index in [-0.39, 0.29) is 0 Å². The van der Waals surface area contributed by atoms with E-state index in [0.717, 1.165) is 22.9 Å². The van der Waals surface area contributed by atoms with Gasteiger partial charge in [0.25, 0.3) is 0 Å². The van der Waals surface area contributed by atoms with Crippen LogP contribution in [0.3, 0.4) is 0 Å². The highest BCUT2D eigenvalue weighted by atomic mass is 32.2. The summed E-state index contributed by atoms with van der Waals surface area (Å²) < 4.78 is 2.13. The Labute approximate surface area is 98.9 Å². The average Bonchev–Trinajstić information content (AvgIpc) is 2.75. The Hall–Kier alpha value is -1.49. The third-order valence-corrected chi connectivity index (χ3v) is 3.45. The monoisotopic (exact) mass is 234 g/mol. The van der Waals surface area contributed by atoms with Gasteiger partial charge in [-0.05, 0) is 13.0 Å². The summed E-state index contributed by atoms with van der Waals surface area (Å²) in [6.45, 7) is 3.05. The van der Waals surface area contributed by atoms with Crippen LogP contribution in [0.1, 0.15) is 12.6 Å². The van der Waals surface area contributed by atoms with Gasteiger partial charge in [0.05, 0.1) is 18.2 Å². The molecule has 0 amide bonds. The zero-order chi connectivity index (χ0) is 11.4. The van der Waals surface area contributed by atoms with Crippen molar-refractivity contribution in [2.75, 3.05) is 5.73 Å². The number of pyridine rings is 1. The van der Waals surface area contributed by atoms with E-state index in [9.17, 15) is 0 Å². The van der Waals surface area contributed by atoms with Crippen LogP contribution in [0, 0.1) is 0 Å². The third kappa shape index (κ3) is 2.36. The highest BCUT2D eigenvalue weighted by molar-refractivity contribution is 7.98. The first kappa shape index (κ1) is 11.0. The average molecular weight is 234 g/mol. The second kappa shape index (κ2) is 5.03. The largest absolute Gasteiger partial charge is 0.397 e. The molecular weight excluding hydrogens is 220 g/mol. The van der Waals surface area contributed by atoms with Crippen LogP contribution in [0.15, 0.2) is 35.9 Å². The van der Waals surface area contributed by atoms with E-state index in [2.05, 4.69) is 21.5 Å². The summed E-state index contributed by atoms with van der Waals surface area (Å²) in [5, 5.41) is 0. The number of imidazole rings is 1. The number of hydrogen-bond acceptors (Lipinski definition) is 4. The van der Waals surface area contributed by atoms with Crippen molar-refractivity contribution in [3.05, 3.63) is 36.7 Å². The molecular formula is C11H14N4S. The molecule has 0 aliphatic rings. The lowest BCUT2D eigenvalue weighted by atomic mass is 10.4. The molecule has 2 aromatic rings. The van der Waals surface area contributed by atoms with Crippen molar-refractivity contribution in [3.8, 4) is 0 Å². The molecule has 0 saturated carbocycles. The Morgan fingerprint density at radius 3 is 3.00 bits per heavy atom. The number of nitrogens with two attached hydrogens (primary N) is 1. The van der Waals surface area contributed by atoms with Crippen molar-refractivity contribution in [1.82, 2.24) is 14.5 Å². The van der Waals surface area contributed by atoms with Crippen LogP contribution in [0.25, 0.3) is 0 Å². The molecule has 2 N–H and O–H groups in total. The quantitative estimate of drug-likeness (QED) is 0.824. The van der Waals surface area contributed by atoms with Crippen molar-refractivity contribution in [2.24, 2.45) is 0 Å². The standard InChI is InChI=1S/C11H14N4S/c1-2-15-8-14-5-9(15)7-16-11-3-4-13-6-10(11)12/h3-6,8H,2,7,12H2,1H3. The summed E-state index contributed by atoms with van der Waals surface area (Å²) in [5.74, 6) is 0.877. The van der Waals surface area contributed by atoms with Crippen molar-refractivity contribution in [2.45, 2.75) is 24.1 Å². The second-order valence-electron chi connectivity index (χ2n) is 3.37. The lowest BCUT2D eigenvalue weighted by Crippen LogP contribution is -1.97. The van der Waals surface area contributed by atoms with Gasteiger partial charge >= 0.3 is 0 Å². The molecule has 16 heavy (non-hydrogen) atoms. The van der Waals surface area contributed by atoms with Gasteiger partial charge in [-0.3, -0.25) is 4.98 Å².